The Morgan fingerprint density at radius 3 is 3.11 bits per heavy atom. The monoisotopic (exact) mass is 260 g/mol. The Morgan fingerprint density at radius 2 is 2.37 bits per heavy atom. The summed E-state index contributed by atoms with van der Waals surface area (Å²) in [6.07, 6.45) is 4.10. The van der Waals surface area contributed by atoms with Gasteiger partial charge in [-0.1, -0.05) is 6.07 Å². The average molecular weight is 260 g/mol. The normalized spacial score (nSPS) is 26.7. The molecule has 0 saturated carbocycles. The van der Waals surface area contributed by atoms with Crippen LogP contribution < -0.4 is 10.6 Å². The lowest BCUT2D eigenvalue weighted by Crippen LogP contribution is -2.30. The summed E-state index contributed by atoms with van der Waals surface area (Å²) in [6, 6.07) is 5.90. The molecule has 0 radical (unpaired) electrons. The van der Waals surface area contributed by atoms with Crippen LogP contribution in [0.2, 0.25) is 0 Å². The average Bonchev–Trinajstić information content (AvgIpc) is 3.07. The molecule has 19 heavy (non-hydrogen) atoms. The highest BCUT2D eigenvalue weighted by atomic mass is 16.2. The number of hydrogen-bond acceptors (Lipinski definition) is 3. The lowest BCUT2D eigenvalue weighted by molar-refractivity contribution is 0.214. The van der Waals surface area contributed by atoms with Gasteiger partial charge in [0.05, 0.1) is 11.7 Å². The number of nitrogens with one attached hydrogen (secondary N) is 2. The standard InChI is InChI=1S/C14H20N4O/c19-14-17-13(12-3-1-2-6-16-12)10-18(14)8-5-11-4-7-15-9-11/h1-3,6,11,13,15H,4-5,7-10H2,(H,17,19). The van der Waals surface area contributed by atoms with Crippen molar-refractivity contribution in [2.75, 3.05) is 26.2 Å². The Morgan fingerprint density at radius 1 is 1.42 bits per heavy atom. The maximum Gasteiger partial charge on any atom is 0.318 e. The maximum absolute atomic E-state index is 11.9. The molecule has 3 heterocycles. The van der Waals surface area contributed by atoms with Crippen LogP contribution in [0.1, 0.15) is 24.6 Å². The van der Waals surface area contributed by atoms with Crippen molar-refractivity contribution in [1.82, 2.24) is 20.5 Å². The number of hydrogen-bond donors (Lipinski definition) is 2. The third-order valence-electron chi connectivity index (χ3n) is 4.00. The predicted octanol–water partition coefficient (Wildman–Crippen LogP) is 1.15. The van der Waals surface area contributed by atoms with E-state index in [1.54, 1.807) is 6.20 Å². The number of pyridine rings is 1. The Kier molecular flexibility index (Phi) is 3.64. The molecule has 0 aliphatic carbocycles. The minimum atomic E-state index is 0.0374. The fourth-order valence-electron chi connectivity index (χ4n) is 2.83. The van der Waals surface area contributed by atoms with Crippen molar-refractivity contribution in [2.24, 2.45) is 5.92 Å². The van der Waals surface area contributed by atoms with Gasteiger partial charge in [0, 0.05) is 19.3 Å². The molecule has 2 aliphatic rings. The van der Waals surface area contributed by atoms with Gasteiger partial charge in [0.25, 0.3) is 0 Å². The van der Waals surface area contributed by atoms with Crippen molar-refractivity contribution in [3.05, 3.63) is 30.1 Å². The van der Waals surface area contributed by atoms with Crippen molar-refractivity contribution < 1.29 is 4.79 Å². The first kappa shape index (κ1) is 12.4. The van der Waals surface area contributed by atoms with E-state index in [4.69, 9.17) is 0 Å². The minimum absolute atomic E-state index is 0.0374. The lowest BCUT2D eigenvalue weighted by atomic mass is 10.0. The molecule has 5 heteroatoms. The lowest BCUT2D eigenvalue weighted by Gasteiger charge is -2.16. The van der Waals surface area contributed by atoms with Gasteiger partial charge in [-0.25, -0.2) is 4.79 Å². The summed E-state index contributed by atoms with van der Waals surface area (Å²) in [5.41, 5.74) is 0.945. The molecule has 2 atom stereocenters. The first-order valence-electron chi connectivity index (χ1n) is 7.00. The molecule has 2 unspecified atom stereocenters. The van der Waals surface area contributed by atoms with E-state index in [0.717, 1.165) is 44.2 Å². The zero-order chi connectivity index (χ0) is 13.1. The van der Waals surface area contributed by atoms with Gasteiger partial charge < -0.3 is 15.5 Å². The van der Waals surface area contributed by atoms with Gasteiger partial charge in [-0.2, -0.15) is 0 Å². The van der Waals surface area contributed by atoms with Crippen LogP contribution in [-0.2, 0) is 0 Å². The van der Waals surface area contributed by atoms with E-state index in [1.807, 2.05) is 23.1 Å². The SMILES string of the molecule is O=C1NC(c2ccccn2)CN1CCC1CCNC1. The largest absolute Gasteiger partial charge is 0.328 e. The third kappa shape index (κ3) is 2.87. The number of nitrogens with zero attached hydrogens (tertiary/aromatic N) is 2. The van der Waals surface area contributed by atoms with Gasteiger partial charge in [0.15, 0.2) is 0 Å². The van der Waals surface area contributed by atoms with Crippen LogP contribution in [0.25, 0.3) is 0 Å². The van der Waals surface area contributed by atoms with Crippen molar-refractivity contribution in [2.45, 2.75) is 18.9 Å². The van der Waals surface area contributed by atoms with Gasteiger partial charge in [-0.15, -0.1) is 0 Å². The van der Waals surface area contributed by atoms with Crippen LogP contribution >= 0.6 is 0 Å². The second kappa shape index (κ2) is 5.57. The molecule has 1 aromatic heterocycles. The van der Waals surface area contributed by atoms with Crippen molar-refractivity contribution in [3.8, 4) is 0 Å². The van der Waals surface area contributed by atoms with E-state index in [1.165, 1.54) is 6.42 Å². The molecule has 3 rings (SSSR count). The van der Waals surface area contributed by atoms with E-state index in [-0.39, 0.29) is 12.1 Å². The summed E-state index contributed by atoms with van der Waals surface area (Å²) >= 11 is 0. The molecule has 2 N–H and O–H groups in total. The molecule has 0 aromatic carbocycles. The number of amides is 2. The zero-order valence-corrected chi connectivity index (χ0v) is 11.0. The summed E-state index contributed by atoms with van der Waals surface area (Å²) in [7, 11) is 0. The maximum atomic E-state index is 11.9. The van der Waals surface area contributed by atoms with Crippen LogP contribution in [0.4, 0.5) is 4.79 Å². The van der Waals surface area contributed by atoms with Crippen molar-refractivity contribution in [3.63, 3.8) is 0 Å². The summed E-state index contributed by atoms with van der Waals surface area (Å²) in [4.78, 5) is 18.2. The van der Waals surface area contributed by atoms with Gasteiger partial charge in [-0.05, 0) is 44.0 Å². The first-order chi connectivity index (χ1) is 9.33. The van der Waals surface area contributed by atoms with Crippen LogP contribution in [0.3, 0.4) is 0 Å². The number of rotatable bonds is 4. The van der Waals surface area contributed by atoms with Gasteiger partial charge >= 0.3 is 6.03 Å². The van der Waals surface area contributed by atoms with E-state index in [2.05, 4.69) is 15.6 Å². The van der Waals surface area contributed by atoms with Crippen molar-refractivity contribution in [1.29, 1.82) is 0 Å². The smallest absolute Gasteiger partial charge is 0.318 e. The van der Waals surface area contributed by atoms with Crippen LogP contribution in [-0.4, -0.2) is 42.1 Å². The van der Waals surface area contributed by atoms with Gasteiger partial charge in [0.1, 0.15) is 0 Å². The summed E-state index contributed by atoms with van der Waals surface area (Å²) < 4.78 is 0. The molecule has 2 fully saturated rings. The molecule has 0 spiro atoms. The molecule has 2 aliphatic heterocycles. The number of urea groups is 1. The fraction of sp³-hybridized carbons (Fsp3) is 0.571. The highest BCUT2D eigenvalue weighted by molar-refractivity contribution is 5.77. The molecule has 102 valence electrons. The zero-order valence-electron chi connectivity index (χ0n) is 11.0. The molecule has 2 amide bonds. The number of carbonyl (C=O) groups excluding carboxylic acids is 1. The van der Waals surface area contributed by atoms with E-state index in [0.29, 0.717) is 0 Å². The first-order valence-corrected chi connectivity index (χ1v) is 7.00. The molecule has 2 saturated heterocycles. The van der Waals surface area contributed by atoms with E-state index >= 15 is 0 Å². The Bertz CT molecular complexity index is 430. The van der Waals surface area contributed by atoms with Crippen LogP contribution in [0, 0.1) is 5.92 Å². The van der Waals surface area contributed by atoms with Crippen LogP contribution in [0.5, 0.6) is 0 Å². The van der Waals surface area contributed by atoms with Gasteiger partial charge in [0.2, 0.25) is 0 Å². The van der Waals surface area contributed by atoms with Gasteiger partial charge in [-0.3, -0.25) is 4.98 Å². The summed E-state index contributed by atoms with van der Waals surface area (Å²) in [6.45, 7) is 3.80. The third-order valence-corrected chi connectivity index (χ3v) is 4.00. The molecule has 1 aromatic rings. The Balaban J connectivity index is 1.54. The highest BCUT2D eigenvalue weighted by Crippen LogP contribution is 2.20. The van der Waals surface area contributed by atoms with Crippen LogP contribution in [0.15, 0.2) is 24.4 Å². The topological polar surface area (TPSA) is 57.3 Å². The molecule has 0 bridgehead atoms. The minimum Gasteiger partial charge on any atom is -0.328 e. The van der Waals surface area contributed by atoms with E-state index in [9.17, 15) is 4.79 Å². The second-order valence-electron chi connectivity index (χ2n) is 5.35. The predicted molar refractivity (Wildman–Crippen MR) is 72.7 cm³/mol. The second-order valence-corrected chi connectivity index (χ2v) is 5.35. The summed E-state index contributed by atoms with van der Waals surface area (Å²) in [5.74, 6) is 0.724. The number of carbonyl (C=O) groups is 1. The molecular weight excluding hydrogens is 240 g/mol. The fourth-order valence-corrected chi connectivity index (χ4v) is 2.83. The Labute approximate surface area is 113 Å². The molecular formula is C14H20N4O. The quantitative estimate of drug-likeness (QED) is 0.854. The molecule has 5 nitrogen and oxygen atoms in total. The van der Waals surface area contributed by atoms with Crippen molar-refractivity contribution >= 4 is 6.03 Å². The number of aromatic nitrogens is 1. The summed E-state index contributed by atoms with van der Waals surface area (Å²) in [5, 5.41) is 6.37. The van der Waals surface area contributed by atoms with E-state index < -0.39 is 0 Å². The Hall–Kier alpha value is -1.62. The highest BCUT2D eigenvalue weighted by Gasteiger charge is 2.30.